The first-order chi connectivity index (χ1) is 13.4. The molecule has 2 aromatic rings. The minimum atomic E-state index is -4.66. The van der Waals surface area contributed by atoms with E-state index in [1.165, 1.54) is 24.4 Å². The molecule has 0 aliphatic rings. The van der Waals surface area contributed by atoms with Crippen LogP contribution in [-0.4, -0.2) is 33.3 Å². The lowest BCUT2D eigenvalue weighted by Gasteiger charge is -2.27. The second kappa shape index (κ2) is 8.64. The van der Waals surface area contributed by atoms with Crippen molar-refractivity contribution in [2.45, 2.75) is 38.9 Å². The van der Waals surface area contributed by atoms with E-state index in [-0.39, 0.29) is 35.5 Å². The fraction of sp³-hybridized carbons (Fsp3) is 0.421. The van der Waals surface area contributed by atoms with Crippen LogP contribution in [0.25, 0.3) is 11.3 Å². The summed E-state index contributed by atoms with van der Waals surface area (Å²) >= 11 is 0. The first-order valence-electron chi connectivity index (χ1n) is 8.84. The molecule has 2 rings (SSSR count). The van der Waals surface area contributed by atoms with Gasteiger partial charge in [-0.2, -0.15) is 13.2 Å². The summed E-state index contributed by atoms with van der Waals surface area (Å²) in [5.74, 6) is -0.305. The minimum absolute atomic E-state index is 0.0756. The third kappa shape index (κ3) is 6.60. The van der Waals surface area contributed by atoms with Gasteiger partial charge in [0.25, 0.3) is 0 Å². The number of halogens is 3. The predicted octanol–water partition coefficient (Wildman–Crippen LogP) is 4.39. The van der Waals surface area contributed by atoms with E-state index in [0.29, 0.717) is 6.42 Å². The Morgan fingerprint density at radius 1 is 1.31 bits per heavy atom. The maximum atomic E-state index is 13.6. The number of anilines is 1. The molecule has 10 heteroatoms. The Labute approximate surface area is 166 Å². The summed E-state index contributed by atoms with van der Waals surface area (Å²) < 4.78 is 46.2. The molecule has 0 radical (unpaired) electrons. The Bertz CT molecular complexity index is 870. The Kier molecular flexibility index (Phi) is 6.68. The van der Waals surface area contributed by atoms with E-state index < -0.39 is 23.4 Å². The molecule has 29 heavy (non-hydrogen) atoms. The number of nitrogens with two attached hydrogens (primary N) is 1. The lowest BCUT2D eigenvalue weighted by molar-refractivity contribution is -0.139. The number of alkyl halides is 3. The van der Waals surface area contributed by atoms with Gasteiger partial charge in [-0.15, -0.1) is 0 Å². The van der Waals surface area contributed by atoms with Crippen molar-refractivity contribution in [3.8, 4) is 17.0 Å². The van der Waals surface area contributed by atoms with Crippen LogP contribution in [0.1, 0.15) is 32.8 Å². The first kappa shape index (κ1) is 22.4. The number of aromatic nitrogens is 2. The molecule has 1 unspecified atom stereocenters. The molecule has 1 amide bonds. The van der Waals surface area contributed by atoms with Crippen LogP contribution in [0.3, 0.4) is 0 Å². The van der Waals surface area contributed by atoms with Crippen molar-refractivity contribution in [3.05, 3.63) is 36.0 Å². The summed E-state index contributed by atoms with van der Waals surface area (Å²) in [6, 6.07) is 4.89. The van der Waals surface area contributed by atoms with Crippen LogP contribution in [0, 0.1) is 5.92 Å². The van der Waals surface area contributed by atoms with Gasteiger partial charge < -0.3 is 15.6 Å². The van der Waals surface area contributed by atoms with Gasteiger partial charge in [-0.1, -0.05) is 13.8 Å². The van der Waals surface area contributed by atoms with Crippen LogP contribution < -0.4 is 15.8 Å². The highest BCUT2D eigenvalue weighted by molar-refractivity contribution is 5.80. The number of nitrogens with one attached hydrogen (secondary N) is 1. The van der Waals surface area contributed by atoms with Gasteiger partial charge in [0.05, 0.1) is 11.3 Å². The largest absolute Gasteiger partial charge is 0.491 e. The lowest BCUT2D eigenvalue weighted by Crippen LogP contribution is -2.43. The van der Waals surface area contributed by atoms with Crippen molar-refractivity contribution in [3.63, 3.8) is 0 Å². The van der Waals surface area contributed by atoms with Crippen LogP contribution in [0.2, 0.25) is 0 Å². The van der Waals surface area contributed by atoms with E-state index in [9.17, 15) is 18.0 Å². The maximum Gasteiger partial charge on any atom is 0.419 e. The van der Waals surface area contributed by atoms with Gasteiger partial charge in [0, 0.05) is 17.3 Å². The van der Waals surface area contributed by atoms with Gasteiger partial charge in [-0.3, -0.25) is 5.32 Å². The fourth-order valence-corrected chi connectivity index (χ4v) is 2.95. The fourth-order valence-electron chi connectivity index (χ4n) is 2.95. The van der Waals surface area contributed by atoms with Gasteiger partial charge in [-0.25, -0.2) is 14.8 Å². The SMILES string of the molecule is CC(C)CC(C)(N)COc1ccc(-c2ccnc(NC(=O)O)n2)cc1C(F)(F)F. The van der Waals surface area contributed by atoms with Crippen molar-refractivity contribution >= 4 is 12.0 Å². The molecule has 1 atom stereocenters. The quantitative estimate of drug-likeness (QED) is 0.622. The van der Waals surface area contributed by atoms with Gasteiger partial charge in [0.1, 0.15) is 12.4 Å². The van der Waals surface area contributed by atoms with E-state index in [2.05, 4.69) is 9.97 Å². The minimum Gasteiger partial charge on any atom is -0.491 e. The zero-order valence-electron chi connectivity index (χ0n) is 16.2. The first-order valence-corrected chi connectivity index (χ1v) is 8.84. The molecular formula is C19H23F3N4O3. The third-order valence-electron chi connectivity index (χ3n) is 3.89. The van der Waals surface area contributed by atoms with Gasteiger partial charge in [0.15, 0.2) is 0 Å². The molecule has 0 aliphatic heterocycles. The number of amides is 1. The van der Waals surface area contributed by atoms with Crippen molar-refractivity contribution in [1.82, 2.24) is 9.97 Å². The lowest BCUT2D eigenvalue weighted by atomic mass is 9.93. The molecule has 0 spiro atoms. The molecule has 0 fully saturated rings. The Morgan fingerprint density at radius 3 is 2.59 bits per heavy atom. The standard InChI is InChI=1S/C19H23F3N4O3/c1-11(2)9-18(3,23)10-29-15-5-4-12(8-13(15)19(20,21)22)14-6-7-24-16(25-14)26-17(27)28/h4-8,11H,9-10,23H2,1-3H3,(H,27,28)(H,24,25,26). The average molecular weight is 412 g/mol. The van der Waals surface area contributed by atoms with E-state index in [4.69, 9.17) is 15.6 Å². The van der Waals surface area contributed by atoms with Crippen LogP contribution in [0.4, 0.5) is 23.9 Å². The molecule has 0 saturated carbocycles. The molecule has 4 N–H and O–H groups in total. The van der Waals surface area contributed by atoms with Gasteiger partial charge >= 0.3 is 12.3 Å². The number of ether oxygens (including phenoxy) is 1. The second-order valence-corrected chi connectivity index (χ2v) is 7.45. The van der Waals surface area contributed by atoms with Crippen LogP contribution in [0.5, 0.6) is 5.75 Å². The number of hydrogen-bond acceptors (Lipinski definition) is 5. The normalized spacial score (nSPS) is 13.8. The smallest absolute Gasteiger partial charge is 0.419 e. The summed E-state index contributed by atoms with van der Waals surface area (Å²) in [5.41, 5.74) is 4.64. The van der Waals surface area contributed by atoms with Crippen molar-refractivity contribution < 1.29 is 27.8 Å². The molecule has 7 nitrogen and oxygen atoms in total. The summed E-state index contributed by atoms with van der Waals surface area (Å²) in [5, 5.41) is 10.7. The second-order valence-electron chi connectivity index (χ2n) is 7.45. The number of nitrogens with zero attached hydrogens (tertiary/aromatic N) is 2. The molecule has 0 bridgehead atoms. The van der Waals surface area contributed by atoms with Gasteiger partial charge in [0.2, 0.25) is 5.95 Å². The molecule has 1 aromatic heterocycles. The Balaban J connectivity index is 2.34. The monoisotopic (exact) mass is 412 g/mol. The highest BCUT2D eigenvalue weighted by atomic mass is 19.4. The highest BCUT2D eigenvalue weighted by Gasteiger charge is 2.35. The predicted molar refractivity (Wildman–Crippen MR) is 102 cm³/mol. The van der Waals surface area contributed by atoms with E-state index in [1.54, 1.807) is 6.92 Å². The average Bonchev–Trinajstić information content (AvgIpc) is 2.57. The van der Waals surface area contributed by atoms with Crippen LogP contribution in [-0.2, 0) is 6.18 Å². The molecule has 0 saturated heterocycles. The molecule has 1 aromatic carbocycles. The van der Waals surface area contributed by atoms with Crippen LogP contribution in [0.15, 0.2) is 30.5 Å². The molecule has 1 heterocycles. The van der Waals surface area contributed by atoms with E-state index in [1.807, 2.05) is 19.2 Å². The van der Waals surface area contributed by atoms with Gasteiger partial charge in [-0.05, 0) is 43.5 Å². The van der Waals surface area contributed by atoms with Crippen molar-refractivity contribution in [1.29, 1.82) is 0 Å². The Morgan fingerprint density at radius 2 is 2.00 bits per heavy atom. The van der Waals surface area contributed by atoms with Crippen molar-refractivity contribution in [2.75, 3.05) is 11.9 Å². The van der Waals surface area contributed by atoms with E-state index >= 15 is 0 Å². The number of benzene rings is 1. The molecule has 158 valence electrons. The molecule has 0 aliphatic carbocycles. The van der Waals surface area contributed by atoms with Crippen molar-refractivity contribution in [2.24, 2.45) is 11.7 Å². The maximum absolute atomic E-state index is 13.6. The zero-order valence-corrected chi connectivity index (χ0v) is 16.2. The number of carbonyl (C=O) groups is 1. The summed E-state index contributed by atoms with van der Waals surface area (Å²) in [4.78, 5) is 18.3. The summed E-state index contributed by atoms with van der Waals surface area (Å²) in [6.45, 7) is 5.59. The van der Waals surface area contributed by atoms with E-state index in [0.717, 1.165) is 6.07 Å². The highest BCUT2D eigenvalue weighted by Crippen LogP contribution is 2.39. The topological polar surface area (TPSA) is 110 Å². The summed E-state index contributed by atoms with van der Waals surface area (Å²) in [7, 11) is 0. The number of rotatable bonds is 7. The Hall–Kier alpha value is -2.88. The third-order valence-corrected chi connectivity index (χ3v) is 3.89. The number of carboxylic acid groups (broad SMARTS) is 1. The summed E-state index contributed by atoms with van der Waals surface area (Å²) in [6.07, 6.45) is -4.21. The zero-order chi connectivity index (χ0) is 21.8. The molecular weight excluding hydrogens is 389 g/mol. The van der Waals surface area contributed by atoms with Crippen LogP contribution >= 0.6 is 0 Å². The number of hydrogen-bond donors (Lipinski definition) is 3.